The molecule has 1 aromatic rings. The molecule has 0 heterocycles. The number of nitrogens with zero attached hydrogens (tertiary/aromatic N) is 1. The van der Waals surface area contributed by atoms with Gasteiger partial charge in [-0.3, -0.25) is 14.4 Å². The predicted molar refractivity (Wildman–Crippen MR) is 73.8 cm³/mol. The minimum Gasteiger partial charge on any atom is -0.468 e. The van der Waals surface area contributed by atoms with Crippen LogP contribution >= 0.6 is 0 Å². The topological polar surface area (TPSA) is 98.9 Å². The van der Waals surface area contributed by atoms with Gasteiger partial charge in [0.1, 0.15) is 6.04 Å². The molecule has 0 aliphatic heterocycles. The van der Waals surface area contributed by atoms with Crippen LogP contribution in [0.25, 0.3) is 0 Å². The molecule has 0 saturated carbocycles. The molecule has 1 aromatic carbocycles. The summed E-state index contributed by atoms with van der Waals surface area (Å²) in [5.41, 5.74) is 6.49. The second-order valence-corrected chi connectivity index (χ2v) is 4.31. The lowest BCUT2D eigenvalue weighted by atomic mass is 10.1. The molecule has 1 amide bonds. The summed E-state index contributed by atoms with van der Waals surface area (Å²) in [5.74, 6) is -0.647. The molecule has 0 spiro atoms. The number of hydrogen-bond acceptors (Lipinski definition) is 6. The van der Waals surface area contributed by atoms with Crippen molar-refractivity contribution in [2.75, 3.05) is 13.7 Å². The van der Waals surface area contributed by atoms with Crippen LogP contribution in [-0.2, 0) is 30.3 Å². The van der Waals surface area contributed by atoms with E-state index in [0.717, 1.165) is 10.5 Å². The van der Waals surface area contributed by atoms with Crippen molar-refractivity contribution in [3.63, 3.8) is 0 Å². The van der Waals surface area contributed by atoms with E-state index >= 15 is 0 Å². The lowest BCUT2D eigenvalue weighted by Crippen LogP contribution is -2.48. The zero-order valence-corrected chi connectivity index (χ0v) is 11.7. The maximum Gasteiger partial charge on any atom is 0.324 e. The molecule has 1 rings (SSSR count). The van der Waals surface area contributed by atoms with Gasteiger partial charge in [-0.2, -0.15) is 0 Å². The van der Waals surface area contributed by atoms with E-state index < -0.39 is 18.2 Å². The van der Waals surface area contributed by atoms with Gasteiger partial charge in [0, 0.05) is 13.0 Å². The Labute approximate surface area is 122 Å². The molecule has 21 heavy (non-hydrogen) atoms. The number of carbonyl (C=O) groups excluding carboxylic acids is 3. The van der Waals surface area contributed by atoms with Gasteiger partial charge < -0.3 is 20.1 Å². The van der Waals surface area contributed by atoms with Gasteiger partial charge in [-0.25, -0.2) is 0 Å². The van der Waals surface area contributed by atoms with Crippen LogP contribution in [0.4, 0.5) is 0 Å². The molecule has 7 heteroatoms. The van der Waals surface area contributed by atoms with E-state index in [1.165, 1.54) is 7.11 Å². The monoisotopic (exact) mass is 294 g/mol. The standard InChI is InChI=1S/C14H18N2O5/c1-20-14(19)12(15)8-16(9-17)13(21-10-18)7-11-5-3-2-4-6-11/h2-6,9-10,12-13H,7-8,15H2,1H3. The van der Waals surface area contributed by atoms with Crippen molar-refractivity contribution >= 4 is 18.9 Å². The van der Waals surface area contributed by atoms with Crippen molar-refractivity contribution < 1.29 is 23.9 Å². The molecule has 0 bridgehead atoms. The van der Waals surface area contributed by atoms with E-state index in [-0.39, 0.29) is 13.0 Å². The van der Waals surface area contributed by atoms with Crippen molar-refractivity contribution in [3.8, 4) is 0 Å². The first-order valence-corrected chi connectivity index (χ1v) is 6.29. The van der Waals surface area contributed by atoms with Crippen LogP contribution in [0.2, 0.25) is 0 Å². The summed E-state index contributed by atoms with van der Waals surface area (Å²) in [6.07, 6.45) is -0.0512. The third kappa shape index (κ3) is 5.23. The predicted octanol–water partition coefficient (Wildman–Crippen LogP) is -0.313. The Hall–Kier alpha value is -2.41. The number of amides is 1. The Morgan fingerprint density at radius 3 is 2.52 bits per heavy atom. The Balaban J connectivity index is 2.77. The molecule has 0 aromatic heterocycles. The summed E-state index contributed by atoms with van der Waals surface area (Å²) in [7, 11) is 1.21. The van der Waals surface area contributed by atoms with Gasteiger partial charge in [0.2, 0.25) is 6.41 Å². The number of ether oxygens (including phenoxy) is 2. The largest absolute Gasteiger partial charge is 0.468 e. The summed E-state index contributed by atoms with van der Waals surface area (Å²) in [4.78, 5) is 34.3. The first-order valence-electron chi connectivity index (χ1n) is 6.29. The van der Waals surface area contributed by atoms with Gasteiger partial charge in [-0.15, -0.1) is 0 Å². The third-order valence-electron chi connectivity index (χ3n) is 2.88. The van der Waals surface area contributed by atoms with Crippen molar-refractivity contribution in [3.05, 3.63) is 35.9 Å². The van der Waals surface area contributed by atoms with Crippen molar-refractivity contribution in [2.45, 2.75) is 18.7 Å². The zero-order valence-electron chi connectivity index (χ0n) is 11.7. The highest BCUT2D eigenvalue weighted by molar-refractivity contribution is 5.76. The number of benzene rings is 1. The second-order valence-electron chi connectivity index (χ2n) is 4.31. The van der Waals surface area contributed by atoms with Crippen LogP contribution in [-0.4, -0.2) is 49.7 Å². The van der Waals surface area contributed by atoms with E-state index in [9.17, 15) is 14.4 Å². The van der Waals surface area contributed by atoms with Crippen LogP contribution < -0.4 is 5.73 Å². The van der Waals surface area contributed by atoms with Crippen LogP contribution in [0, 0.1) is 0 Å². The molecule has 0 aliphatic rings. The molecule has 0 aliphatic carbocycles. The lowest BCUT2D eigenvalue weighted by Gasteiger charge is -2.28. The number of methoxy groups -OCH3 is 1. The number of carbonyl (C=O) groups is 3. The second kappa shape index (κ2) is 8.70. The molecule has 114 valence electrons. The van der Waals surface area contributed by atoms with Gasteiger partial charge in [0.15, 0.2) is 6.23 Å². The van der Waals surface area contributed by atoms with E-state index in [4.69, 9.17) is 10.5 Å². The van der Waals surface area contributed by atoms with Gasteiger partial charge in [0.25, 0.3) is 6.47 Å². The van der Waals surface area contributed by atoms with Crippen LogP contribution in [0.15, 0.2) is 30.3 Å². The molecule has 0 fully saturated rings. The molecule has 0 saturated heterocycles. The van der Waals surface area contributed by atoms with Gasteiger partial charge in [-0.05, 0) is 5.56 Å². The molecule has 2 atom stereocenters. The van der Waals surface area contributed by atoms with Crippen LogP contribution in [0.3, 0.4) is 0 Å². The molecule has 7 nitrogen and oxygen atoms in total. The smallest absolute Gasteiger partial charge is 0.324 e. The maximum absolute atomic E-state index is 11.3. The normalized spacial score (nSPS) is 12.9. The minimum absolute atomic E-state index is 0.110. The third-order valence-corrected chi connectivity index (χ3v) is 2.88. The fourth-order valence-electron chi connectivity index (χ4n) is 1.80. The van der Waals surface area contributed by atoms with E-state index in [0.29, 0.717) is 12.8 Å². The number of rotatable bonds is 9. The number of nitrogens with two attached hydrogens (primary N) is 1. The maximum atomic E-state index is 11.3. The van der Waals surface area contributed by atoms with Crippen molar-refractivity contribution in [1.29, 1.82) is 0 Å². The first kappa shape index (κ1) is 16.6. The Bertz CT molecular complexity index is 466. The quantitative estimate of drug-likeness (QED) is 0.381. The minimum atomic E-state index is -1.01. The fourth-order valence-corrected chi connectivity index (χ4v) is 1.80. The van der Waals surface area contributed by atoms with E-state index in [1.54, 1.807) is 0 Å². The summed E-state index contributed by atoms with van der Waals surface area (Å²) in [5, 5.41) is 0. The summed E-state index contributed by atoms with van der Waals surface area (Å²) >= 11 is 0. The highest BCUT2D eigenvalue weighted by atomic mass is 16.5. The van der Waals surface area contributed by atoms with Gasteiger partial charge >= 0.3 is 5.97 Å². The average Bonchev–Trinajstić information content (AvgIpc) is 2.52. The van der Waals surface area contributed by atoms with E-state index in [2.05, 4.69) is 4.74 Å². The molecule has 2 N–H and O–H groups in total. The van der Waals surface area contributed by atoms with Crippen molar-refractivity contribution in [1.82, 2.24) is 4.90 Å². The van der Waals surface area contributed by atoms with Gasteiger partial charge in [-0.1, -0.05) is 30.3 Å². The number of hydrogen-bond donors (Lipinski definition) is 1. The Kier molecular flexibility index (Phi) is 6.90. The molecular formula is C14H18N2O5. The average molecular weight is 294 g/mol. The highest BCUT2D eigenvalue weighted by Gasteiger charge is 2.24. The number of esters is 1. The SMILES string of the molecule is COC(=O)C(N)CN(C=O)C(Cc1ccccc1)OC=O. The summed E-state index contributed by atoms with van der Waals surface area (Å²) in [6.45, 7) is 0.148. The summed E-state index contributed by atoms with van der Waals surface area (Å²) in [6, 6.07) is 8.18. The Morgan fingerprint density at radius 2 is 2.00 bits per heavy atom. The van der Waals surface area contributed by atoms with Crippen molar-refractivity contribution in [2.24, 2.45) is 5.73 Å². The molecule has 2 unspecified atom stereocenters. The zero-order chi connectivity index (χ0) is 15.7. The lowest BCUT2D eigenvalue weighted by molar-refractivity contribution is -0.150. The van der Waals surface area contributed by atoms with Crippen LogP contribution in [0.1, 0.15) is 5.56 Å². The fraction of sp³-hybridized carbons (Fsp3) is 0.357. The van der Waals surface area contributed by atoms with E-state index in [1.807, 2.05) is 30.3 Å². The van der Waals surface area contributed by atoms with Gasteiger partial charge in [0.05, 0.1) is 7.11 Å². The Morgan fingerprint density at radius 1 is 1.33 bits per heavy atom. The first-order chi connectivity index (χ1) is 10.1. The highest BCUT2D eigenvalue weighted by Crippen LogP contribution is 2.09. The van der Waals surface area contributed by atoms with Crippen LogP contribution in [0.5, 0.6) is 0 Å². The molecular weight excluding hydrogens is 276 g/mol. The molecule has 0 radical (unpaired) electrons. The summed E-state index contributed by atoms with van der Waals surface area (Å²) < 4.78 is 9.42.